The molecule has 2 aliphatic heterocycles. The standard InChI is InChI=1S/C44H51ClN10O5S/c1-25-26(2)61-44-39(25)41(28-13-15-30(45)16-14-28)50-33(42-54-53-27(3)55(42)44)24-37(58)47-22-9-7-5-4-6-8-21-46-35(56)20-18-34-48-31-12-10-11-29(40(31)51-34)23-38(59)49-32-17-19-36(57)52-43(32)60/h10-16,32-33H,4-9,17-24H2,1-3H3,(H,46,56)(H,47,58)(H,48,51)(H,49,59)(H,52,57,60)/t32?,33-/m0/s1. The van der Waals surface area contributed by atoms with E-state index in [4.69, 9.17) is 16.6 Å². The molecule has 5 amide bonds. The van der Waals surface area contributed by atoms with Gasteiger partial charge in [0, 0.05) is 53.4 Å². The van der Waals surface area contributed by atoms with Crippen LogP contribution in [0.1, 0.15) is 115 Å². The van der Waals surface area contributed by atoms with Crippen LogP contribution in [0.2, 0.25) is 5.02 Å². The number of para-hydroxylation sites is 1. The lowest BCUT2D eigenvalue weighted by molar-refractivity contribution is -0.137. The first-order chi connectivity index (χ1) is 29.4. The molecule has 0 radical (unpaired) electrons. The van der Waals surface area contributed by atoms with E-state index >= 15 is 0 Å². The molecule has 7 rings (SSSR count). The van der Waals surface area contributed by atoms with Crippen LogP contribution >= 0.6 is 22.9 Å². The third kappa shape index (κ3) is 10.6. The number of imide groups is 1. The number of aliphatic imine (C=N–C) groups is 1. The van der Waals surface area contributed by atoms with Gasteiger partial charge in [-0.3, -0.25) is 38.8 Å². The lowest BCUT2D eigenvalue weighted by atomic mass is 9.99. The lowest BCUT2D eigenvalue weighted by Crippen LogP contribution is -2.52. The molecule has 5 N–H and O–H groups in total. The molecule has 61 heavy (non-hydrogen) atoms. The molecule has 0 bridgehead atoms. The van der Waals surface area contributed by atoms with Crippen LogP contribution < -0.4 is 21.3 Å². The van der Waals surface area contributed by atoms with Gasteiger partial charge in [-0.1, -0.05) is 61.5 Å². The van der Waals surface area contributed by atoms with E-state index in [1.807, 2.05) is 49.4 Å². The van der Waals surface area contributed by atoms with Gasteiger partial charge < -0.3 is 20.9 Å². The summed E-state index contributed by atoms with van der Waals surface area (Å²) in [5.74, 6) is 0.779. The predicted molar refractivity (Wildman–Crippen MR) is 234 cm³/mol. The number of rotatable bonds is 18. The summed E-state index contributed by atoms with van der Waals surface area (Å²) < 4.78 is 2.05. The van der Waals surface area contributed by atoms with E-state index in [9.17, 15) is 24.0 Å². The second-order valence-corrected chi connectivity index (χ2v) is 17.3. The highest BCUT2D eigenvalue weighted by Gasteiger charge is 2.33. The number of hydrogen-bond donors (Lipinski definition) is 5. The van der Waals surface area contributed by atoms with Gasteiger partial charge in [0.25, 0.3) is 0 Å². The molecule has 5 aromatic rings. The number of piperidine rings is 1. The Balaban J connectivity index is 0.788. The van der Waals surface area contributed by atoms with Gasteiger partial charge >= 0.3 is 0 Å². The minimum absolute atomic E-state index is 0.0312. The van der Waals surface area contributed by atoms with Crippen LogP contribution in [0.15, 0.2) is 47.5 Å². The summed E-state index contributed by atoms with van der Waals surface area (Å²) in [5, 5.41) is 21.6. The summed E-state index contributed by atoms with van der Waals surface area (Å²) in [5.41, 5.74) is 6.05. The Kier molecular flexibility index (Phi) is 14.0. The predicted octanol–water partition coefficient (Wildman–Crippen LogP) is 5.74. The fourth-order valence-corrected chi connectivity index (χ4v) is 9.11. The maximum atomic E-state index is 13.3. The maximum absolute atomic E-state index is 13.3. The number of nitrogens with zero attached hydrogens (tertiary/aromatic N) is 5. The van der Waals surface area contributed by atoms with Crippen LogP contribution in [0, 0.1) is 20.8 Å². The van der Waals surface area contributed by atoms with Gasteiger partial charge in [0.15, 0.2) is 5.82 Å². The van der Waals surface area contributed by atoms with Gasteiger partial charge in [0.2, 0.25) is 29.5 Å². The minimum Gasteiger partial charge on any atom is -0.356 e. The van der Waals surface area contributed by atoms with E-state index in [-0.39, 0.29) is 55.7 Å². The van der Waals surface area contributed by atoms with Crippen molar-refractivity contribution < 1.29 is 24.0 Å². The molecule has 1 saturated heterocycles. The first-order valence-corrected chi connectivity index (χ1v) is 22.1. The third-order valence-electron chi connectivity index (χ3n) is 11.1. The number of amides is 5. The largest absolute Gasteiger partial charge is 0.356 e. The van der Waals surface area contributed by atoms with Crippen LogP contribution in [0.4, 0.5) is 0 Å². The van der Waals surface area contributed by atoms with Crippen molar-refractivity contribution in [1.82, 2.24) is 46.0 Å². The van der Waals surface area contributed by atoms with E-state index in [0.29, 0.717) is 47.3 Å². The molecule has 0 aliphatic carbocycles. The Morgan fingerprint density at radius 2 is 1.62 bits per heavy atom. The van der Waals surface area contributed by atoms with Crippen molar-refractivity contribution in [3.63, 3.8) is 0 Å². The lowest BCUT2D eigenvalue weighted by Gasteiger charge is -2.21. The van der Waals surface area contributed by atoms with Gasteiger partial charge in [-0.05, 0) is 69.4 Å². The number of halogens is 1. The summed E-state index contributed by atoms with van der Waals surface area (Å²) in [6, 6.07) is 11.9. The Morgan fingerprint density at radius 1 is 0.902 bits per heavy atom. The molecule has 0 saturated carbocycles. The third-order valence-corrected chi connectivity index (χ3v) is 12.6. The van der Waals surface area contributed by atoms with Crippen molar-refractivity contribution in [2.24, 2.45) is 4.99 Å². The molecule has 17 heteroatoms. The van der Waals surface area contributed by atoms with Gasteiger partial charge in [0.1, 0.15) is 28.7 Å². The normalized spacial score (nSPS) is 16.0. The molecular formula is C44H51ClN10O5S. The molecule has 5 heterocycles. The number of aromatic amines is 1. The zero-order valence-corrected chi connectivity index (χ0v) is 36.2. The Bertz CT molecular complexity index is 2470. The molecule has 320 valence electrons. The number of hydrogen-bond acceptors (Lipinski definition) is 10. The van der Waals surface area contributed by atoms with Crippen LogP contribution in [-0.2, 0) is 36.8 Å². The van der Waals surface area contributed by atoms with Gasteiger partial charge in [-0.25, -0.2) is 4.98 Å². The Hall–Kier alpha value is -5.74. The number of nitrogens with one attached hydrogen (secondary N) is 5. The molecule has 15 nitrogen and oxygen atoms in total. The second-order valence-electron chi connectivity index (χ2n) is 15.7. The number of unbranched alkanes of at least 4 members (excludes halogenated alkanes) is 5. The summed E-state index contributed by atoms with van der Waals surface area (Å²) in [4.78, 5) is 76.3. The van der Waals surface area contributed by atoms with Crippen LogP contribution in [0.3, 0.4) is 0 Å². The maximum Gasteiger partial charge on any atom is 0.249 e. The zero-order valence-electron chi connectivity index (χ0n) is 34.7. The second kappa shape index (κ2) is 19.8. The number of fused-ring (bicyclic) bond motifs is 4. The average Bonchev–Trinajstić information content (AvgIpc) is 3.89. The summed E-state index contributed by atoms with van der Waals surface area (Å²) in [6.45, 7) is 7.32. The molecule has 3 aromatic heterocycles. The van der Waals surface area contributed by atoms with Crippen molar-refractivity contribution in [2.45, 2.75) is 110 Å². The van der Waals surface area contributed by atoms with Crippen molar-refractivity contribution in [3.8, 4) is 5.00 Å². The van der Waals surface area contributed by atoms with Crippen molar-refractivity contribution in [1.29, 1.82) is 0 Å². The van der Waals surface area contributed by atoms with Gasteiger partial charge in [-0.2, -0.15) is 0 Å². The van der Waals surface area contributed by atoms with Crippen LogP contribution in [-0.4, -0.2) is 79.1 Å². The number of benzene rings is 2. The molecule has 2 aliphatic rings. The topological polar surface area (TPSA) is 205 Å². The number of thiophene rings is 1. The SMILES string of the molecule is Cc1sc2c(c1C)C(c1ccc(Cl)cc1)=N[C@@H](CC(=O)NCCCCCCCCNC(=O)CCc1nc3c(CC(=O)NC4CCC(=O)NC4=O)cccc3[nH]1)c1nnc(C)n1-2. The number of aryl methyl sites for hydroxylation is 3. The number of carbonyl (C=O) groups excluding carboxylic acids is 5. The number of H-pyrrole nitrogens is 1. The molecule has 0 spiro atoms. The Morgan fingerprint density at radius 3 is 2.36 bits per heavy atom. The van der Waals surface area contributed by atoms with E-state index in [2.05, 4.69) is 59.8 Å². The highest BCUT2D eigenvalue weighted by Crippen LogP contribution is 2.39. The first-order valence-electron chi connectivity index (χ1n) is 20.9. The van der Waals surface area contributed by atoms with E-state index in [0.717, 1.165) is 77.3 Å². The first kappa shape index (κ1) is 43.4. The van der Waals surface area contributed by atoms with E-state index < -0.39 is 18.0 Å². The van der Waals surface area contributed by atoms with Crippen LogP contribution in [0.25, 0.3) is 16.0 Å². The summed E-state index contributed by atoms with van der Waals surface area (Å²) in [6.07, 6.45) is 7.17. The highest BCUT2D eigenvalue weighted by molar-refractivity contribution is 7.15. The average molecular weight is 867 g/mol. The fraction of sp³-hybridized carbons (Fsp3) is 0.432. The highest BCUT2D eigenvalue weighted by atomic mass is 35.5. The number of imidazole rings is 1. The van der Waals surface area contributed by atoms with Gasteiger partial charge in [0.05, 0.1) is 29.6 Å². The Labute approximate surface area is 362 Å². The van der Waals surface area contributed by atoms with Gasteiger partial charge in [-0.15, -0.1) is 21.5 Å². The molecular weight excluding hydrogens is 816 g/mol. The van der Waals surface area contributed by atoms with E-state index in [1.165, 1.54) is 4.88 Å². The number of aromatic nitrogens is 5. The quantitative estimate of drug-likeness (QED) is 0.0542. The molecule has 2 aromatic carbocycles. The molecule has 1 fully saturated rings. The summed E-state index contributed by atoms with van der Waals surface area (Å²) >= 11 is 7.91. The van der Waals surface area contributed by atoms with Crippen molar-refractivity contribution >= 4 is 69.2 Å². The minimum atomic E-state index is -0.735. The summed E-state index contributed by atoms with van der Waals surface area (Å²) in [7, 11) is 0. The van der Waals surface area contributed by atoms with Crippen molar-refractivity contribution in [3.05, 3.63) is 92.1 Å². The van der Waals surface area contributed by atoms with E-state index in [1.54, 1.807) is 11.3 Å². The molecule has 2 atom stereocenters. The zero-order chi connectivity index (χ0) is 43.0. The van der Waals surface area contributed by atoms with Crippen molar-refractivity contribution in [2.75, 3.05) is 13.1 Å². The molecule has 1 unspecified atom stereocenters. The smallest absolute Gasteiger partial charge is 0.249 e. The van der Waals surface area contributed by atoms with Crippen LogP contribution in [0.5, 0.6) is 0 Å². The number of carbonyl (C=O) groups is 5. The fourth-order valence-electron chi connectivity index (χ4n) is 7.77. The monoisotopic (exact) mass is 866 g/mol.